The topological polar surface area (TPSA) is 168 Å². The Labute approximate surface area is 470 Å². The van der Waals surface area contributed by atoms with Gasteiger partial charge in [0.15, 0.2) is 0 Å². The van der Waals surface area contributed by atoms with Crippen LogP contribution in [0.3, 0.4) is 0 Å². The quantitative estimate of drug-likeness (QED) is 0.0811. The summed E-state index contributed by atoms with van der Waals surface area (Å²) >= 11 is 0. The van der Waals surface area contributed by atoms with E-state index in [-0.39, 0.29) is 79.5 Å². The van der Waals surface area contributed by atoms with Gasteiger partial charge in [-0.2, -0.15) is 24.3 Å². The summed E-state index contributed by atoms with van der Waals surface area (Å²) in [5.74, 6) is 5.25. The Morgan fingerprint density at radius 3 is 1.35 bits per heavy atom. The zero-order chi connectivity index (χ0) is 54.4. The molecule has 11 rings (SSSR count). The van der Waals surface area contributed by atoms with Crippen LogP contribution in [-0.2, 0) is 47.7 Å². The average molecular weight is 1100 g/mol. The van der Waals surface area contributed by atoms with Gasteiger partial charge < -0.3 is 9.47 Å². The van der Waals surface area contributed by atoms with Gasteiger partial charge in [-0.05, 0) is 109 Å². The maximum atomic E-state index is 13.1. The van der Waals surface area contributed by atoms with Crippen LogP contribution in [0.1, 0.15) is 113 Å². The number of fused-ring (bicyclic) bond motifs is 3. The zero-order valence-electron chi connectivity index (χ0n) is 43.1. The van der Waals surface area contributed by atoms with Crippen molar-refractivity contribution in [3.05, 3.63) is 226 Å². The minimum absolute atomic E-state index is 0. The van der Waals surface area contributed by atoms with Gasteiger partial charge in [0.25, 0.3) is 47.3 Å². The van der Waals surface area contributed by atoms with Crippen LogP contribution in [-0.4, -0.2) is 71.2 Å². The van der Waals surface area contributed by atoms with Gasteiger partial charge >= 0.3 is 0 Å². The number of amides is 8. The first-order valence-electron chi connectivity index (χ1n) is 24.1. The Morgan fingerprint density at radius 1 is 0.455 bits per heavy atom. The van der Waals surface area contributed by atoms with Crippen molar-refractivity contribution in [1.29, 1.82) is 0 Å². The monoisotopic (exact) mass is 1100 g/mol. The normalized spacial score (nSPS) is 13.8. The number of rotatable bonds is 8. The molecule has 1 radical (unpaired) electrons. The second kappa shape index (κ2) is 23.8. The molecule has 0 fully saturated rings. The first-order valence-corrected chi connectivity index (χ1v) is 24.1. The SMILES string of the molecule is CC.CC#Cc1ccc2c(c1)C(=O)N(C)C2=O.CN1C(=O)c2ccc(Oc3ccc(C(C)(C)c4ccc(Oc5ccc6c(c5)C(=O)N(c5c[c-]ccc5)C6=O)cc4)cc3)cc2C1=O.O=C1C=CC(=O)N1c1ccccc1.[Y]. The predicted molar refractivity (Wildman–Crippen MR) is 286 cm³/mol. The largest absolute Gasteiger partial charge is 0.457 e. The van der Waals surface area contributed by atoms with Gasteiger partial charge in [0.1, 0.15) is 23.0 Å². The van der Waals surface area contributed by atoms with E-state index in [9.17, 15) is 38.4 Å². The summed E-state index contributed by atoms with van der Waals surface area (Å²) in [4.78, 5) is 101. The summed E-state index contributed by atoms with van der Waals surface area (Å²) in [6.07, 6.45) is 2.55. The van der Waals surface area contributed by atoms with Crippen molar-refractivity contribution >= 4 is 58.6 Å². The van der Waals surface area contributed by atoms with Gasteiger partial charge in [0.2, 0.25) is 0 Å². The number of ether oxygens (including phenoxy) is 2. The molecule has 0 aliphatic carbocycles. The van der Waals surface area contributed by atoms with E-state index >= 15 is 0 Å². The molecule has 4 heterocycles. The van der Waals surface area contributed by atoms with Crippen LogP contribution >= 0.6 is 0 Å². The second-order valence-electron chi connectivity index (χ2n) is 17.7. The minimum Gasteiger partial charge on any atom is -0.457 e. The van der Waals surface area contributed by atoms with Crippen LogP contribution in [0.15, 0.2) is 170 Å². The molecule has 0 unspecified atom stereocenters. The summed E-state index contributed by atoms with van der Waals surface area (Å²) < 4.78 is 12.1. The fourth-order valence-electron chi connectivity index (χ4n) is 8.58. The molecule has 381 valence electrons. The van der Waals surface area contributed by atoms with Gasteiger partial charge in [0.05, 0.1) is 39.1 Å². The van der Waals surface area contributed by atoms with E-state index in [1.807, 2.05) is 68.4 Å². The van der Waals surface area contributed by atoms with E-state index in [0.717, 1.165) is 36.3 Å². The van der Waals surface area contributed by atoms with Crippen LogP contribution in [0.25, 0.3) is 0 Å². The third-order valence-corrected chi connectivity index (χ3v) is 12.7. The van der Waals surface area contributed by atoms with Crippen LogP contribution in [0.2, 0.25) is 0 Å². The average Bonchev–Trinajstić information content (AvgIpc) is 4.08. The number of benzene rings is 7. The Balaban J connectivity index is 0.000000225. The van der Waals surface area contributed by atoms with E-state index in [1.54, 1.807) is 110 Å². The van der Waals surface area contributed by atoms with Crippen molar-refractivity contribution < 1.29 is 80.5 Å². The van der Waals surface area contributed by atoms with Gasteiger partial charge in [-0.3, -0.25) is 53.1 Å². The van der Waals surface area contributed by atoms with Crippen LogP contribution < -0.4 is 19.3 Å². The molecule has 4 aliphatic heterocycles. The molecule has 0 spiro atoms. The molecular weight excluding hydrogens is 1050 g/mol. The third-order valence-electron chi connectivity index (χ3n) is 12.7. The Bertz CT molecular complexity index is 3570. The van der Waals surface area contributed by atoms with Gasteiger partial charge in [-0.25, -0.2) is 4.90 Å². The number of hydrogen-bond donors (Lipinski definition) is 0. The summed E-state index contributed by atoms with van der Waals surface area (Å²) in [6.45, 7) is 9.97. The number of anilines is 2. The number of carbonyl (C=O) groups excluding carboxylic acids is 8. The maximum Gasteiger partial charge on any atom is 0.261 e. The van der Waals surface area contributed by atoms with Crippen molar-refractivity contribution in [2.24, 2.45) is 0 Å². The fourth-order valence-corrected chi connectivity index (χ4v) is 8.58. The maximum absolute atomic E-state index is 13.1. The van der Waals surface area contributed by atoms with E-state index in [0.29, 0.717) is 67.8 Å². The molecule has 15 heteroatoms. The molecular formula is C62H49N4O10Y-. The molecule has 0 saturated heterocycles. The molecule has 0 atom stereocenters. The summed E-state index contributed by atoms with van der Waals surface area (Å²) in [6, 6.07) is 48.8. The predicted octanol–water partition coefficient (Wildman–Crippen LogP) is 10.8. The molecule has 8 amide bonds. The zero-order valence-corrected chi connectivity index (χ0v) is 46.0. The van der Waals surface area contributed by atoms with Crippen LogP contribution in [0.4, 0.5) is 11.4 Å². The van der Waals surface area contributed by atoms with Crippen molar-refractivity contribution in [2.45, 2.75) is 40.0 Å². The summed E-state index contributed by atoms with van der Waals surface area (Å²) in [5.41, 5.74) is 5.87. The standard InChI is InChI=1S/C38H27N2O6.C12H9NO2.C10H7NO2.C2H6.Y/c1-38(2,23-9-13-26(14-10-23)45-28-17-19-30-32(21-28)35(42)39(3)34(30)41)24-11-15-27(16-12-24)46-29-18-20-31-33(22-29)37(44)40(36(31)43)25-7-5-4-6-8-25;1-3-4-8-5-6-9-10(7-8)12(15)13(2)11(9)14;12-9-6-7-10(13)11(9)8-4-2-1-3-5-8;1-2;/h4-5,7-22H,1-3H3;5-7H,1-2H3;1-7H;1-2H3;/q-1;;;;. The molecule has 0 saturated carbocycles. The molecule has 7 aromatic carbocycles. The van der Waals surface area contributed by atoms with Gasteiger partial charge in [-0.1, -0.05) is 81.8 Å². The molecule has 0 bridgehead atoms. The number of carbonyl (C=O) groups is 8. The smallest absolute Gasteiger partial charge is 0.261 e. The van der Waals surface area contributed by atoms with Crippen molar-refractivity contribution in [1.82, 2.24) is 9.80 Å². The minimum atomic E-state index is -0.398. The van der Waals surface area contributed by atoms with Gasteiger partial charge in [0, 0.05) is 69.9 Å². The van der Waals surface area contributed by atoms with Crippen LogP contribution in [0, 0.1) is 17.9 Å². The molecule has 7 aromatic rings. The number of nitrogens with zero attached hydrogens (tertiary/aromatic N) is 4. The second-order valence-corrected chi connectivity index (χ2v) is 17.7. The molecule has 0 aromatic heterocycles. The molecule has 14 nitrogen and oxygen atoms in total. The van der Waals surface area contributed by atoms with Crippen LogP contribution in [0.5, 0.6) is 23.0 Å². The van der Waals surface area contributed by atoms with Crippen molar-refractivity contribution in [3.63, 3.8) is 0 Å². The number of hydrogen-bond acceptors (Lipinski definition) is 10. The summed E-state index contributed by atoms with van der Waals surface area (Å²) in [7, 11) is 2.95. The number of para-hydroxylation sites is 1. The first kappa shape index (κ1) is 55.8. The fraction of sp³-hybridized carbons (Fsp3) is 0.129. The van der Waals surface area contributed by atoms with E-state index < -0.39 is 5.91 Å². The van der Waals surface area contributed by atoms with Crippen molar-refractivity contribution in [3.8, 4) is 34.8 Å². The van der Waals surface area contributed by atoms with E-state index in [1.165, 1.54) is 26.2 Å². The first-order chi connectivity index (χ1) is 36.5. The summed E-state index contributed by atoms with van der Waals surface area (Å²) in [5, 5.41) is 0. The Morgan fingerprint density at radius 2 is 0.870 bits per heavy atom. The Kier molecular flexibility index (Phi) is 17.2. The molecule has 77 heavy (non-hydrogen) atoms. The van der Waals surface area contributed by atoms with Gasteiger partial charge in [-0.15, -0.1) is 12.0 Å². The van der Waals surface area contributed by atoms with E-state index in [2.05, 4.69) is 31.8 Å². The third kappa shape index (κ3) is 11.4. The van der Waals surface area contributed by atoms with E-state index in [4.69, 9.17) is 9.47 Å². The Hall–Kier alpha value is -8.90. The molecule has 4 aliphatic rings. The van der Waals surface area contributed by atoms with Crippen molar-refractivity contribution in [2.75, 3.05) is 23.9 Å². The molecule has 0 N–H and O–H groups in total. The number of imide groups is 4.